The van der Waals surface area contributed by atoms with Crippen LogP contribution in [0.5, 0.6) is 11.5 Å². The number of methoxy groups -OCH3 is 2. The van der Waals surface area contributed by atoms with Crippen LogP contribution in [-0.4, -0.2) is 31.2 Å². The lowest BCUT2D eigenvalue weighted by Crippen LogP contribution is -2.09. The molecule has 6 nitrogen and oxygen atoms in total. The summed E-state index contributed by atoms with van der Waals surface area (Å²) in [5, 5.41) is 12.2. The van der Waals surface area contributed by atoms with Crippen LogP contribution in [0.25, 0.3) is 6.08 Å². The first-order chi connectivity index (χ1) is 12.0. The maximum atomic E-state index is 12.1. The Kier molecular flexibility index (Phi) is 6.19. The van der Waals surface area contributed by atoms with Gasteiger partial charge < -0.3 is 19.9 Å². The van der Waals surface area contributed by atoms with Crippen molar-refractivity contribution in [1.82, 2.24) is 0 Å². The van der Waals surface area contributed by atoms with Crippen LogP contribution in [0.15, 0.2) is 30.3 Å². The predicted octanol–water partition coefficient (Wildman–Crippen LogP) is 3.68. The summed E-state index contributed by atoms with van der Waals surface area (Å²) in [5.74, 6) is -0.304. The number of carbonyl (C=O) groups excluding carboxylic acids is 1. The molecule has 0 fully saturated rings. The van der Waals surface area contributed by atoms with Crippen molar-refractivity contribution in [1.29, 1.82) is 0 Å². The van der Waals surface area contributed by atoms with Crippen molar-refractivity contribution in [3.63, 3.8) is 0 Å². The van der Waals surface area contributed by atoms with E-state index < -0.39 is 11.9 Å². The molecule has 1 amide bonds. The van der Waals surface area contributed by atoms with Gasteiger partial charge in [0.15, 0.2) is 11.5 Å². The number of carboxylic acids is 1. The molecule has 25 heavy (non-hydrogen) atoms. The Morgan fingerprint density at radius 1 is 1.20 bits per heavy atom. The second kappa shape index (κ2) is 8.34. The predicted molar refractivity (Wildman–Crippen MR) is 97.9 cm³/mol. The zero-order valence-electron chi connectivity index (χ0n) is 14.2. The Hall–Kier alpha value is -2.80. The van der Waals surface area contributed by atoms with E-state index in [0.717, 1.165) is 10.4 Å². The molecule has 2 N–H and O–H groups in total. The number of aryl methyl sites for hydroxylation is 1. The number of thiophene rings is 1. The molecule has 1 heterocycles. The zero-order chi connectivity index (χ0) is 18.4. The SMILES string of the molecule is CCc1cc(C(=O)O)c(NC(=O)/C=C\c2ccc(OC)c(OC)c2)s1. The van der Waals surface area contributed by atoms with Gasteiger partial charge in [-0.2, -0.15) is 0 Å². The van der Waals surface area contributed by atoms with E-state index in [-0.39, 0.29) is 5.56 Å². The summed E-state index contributed by atoms with van der Waals surface area (Å²) in [6, 6.07) is 6.85. The molecule has 2 rings (SSSR count). The molecule has 0 aliphatic carbocycles. The summed E-state index contributed by atoms with van der Waals surface area (Å²) in [4.78, 5) is 24.2. The van der Waals surface area contributed by atoms with Crippen LogP contribution in [0.3, 0.4) is 0 Å². The van der Waals surface area contributed by atoms with Crippen LogP contribution in [-0.2, 0) is 11.2 Å². The molecule has 2 aromatic rings. The highest BCUT2D eigenvalue weighted by Crippen LogP contribution is 2.29. The molecule has 0 saturated heterocycles. The lowest BCUT2D eigenvalue weighted by molar-refractivity contribution is -0.111. The molecular formula is C18H19NO5S. The van der Waals surface area contributed by atoms with Crippen molar-refractivity contribution in [2.45, 2.75) is 13.3 Å². The number of rotatable bonds is 7. The van der Waals surface area contributed by atoms with E-state index in [9.17, 15) is 14.7 Å². The largest absolute Gasteiger partial charge is 0.493 e. The maximum absolute atomic E-state index is 12.1. The van der Waals surface area contributed by atoms with Crippen molar-refractivity contribution < 1.29 is 24.2 Å². The van der Waals surface area contributed by atoms with Crippen molar-refractivity contribution in [3.05, 3.63) is 46.3 Å². The first-order valence-corrected chi connectivity index (χ1v) is 8.37. The van der Waals surface area contributed by atoms with Crippen LogP contribution >= 0.6 is 11.3 Å². The smallest absolute Gasteiger partial charge is 0.338 e. The number of benzene rings is 1. The van der Waals surface area contributed by atoms with Crippen molar-refractivity contribution >= 4 is 34.3 Å². The second-order valence-corrected chi connectivity index (χ2v) is 6.19. The standard InChI is InChI=1S/C18H19NO5S/c1-4-12-10-13(18(21)22)17(25-12)19-16(20)8-6-11-5-7-14(23-2)15(9-11)24-3/h5-10H,4H2,1-3H3,(H,19,20)(H,21,22)/b8-6-. The minimum absolute atomic E-state index is 0.106. The quantitative estimate of drug-likeness (QED) is 0.735. The normalized spacial score (nSPS) is 10.7. The van der Waals surface area contributed by atoms with E-state index in [0.29, 0.717) is 22.9 Å². The number of nitrogens with one attached hydrogen (secondary N) is 1. The molecule has 0 aliphatic heterocycles. The highest BCUT2D eigenvalue weighted by atomic mass is 32.1. The van der Waals surface area contributed by atoms with Gasteiger partial charge in [0.05, 0.1) is 19.8 Å². The molecule has 0 saturated carbocycles. The monoisotopic (exact) mass is 361 g/mol. The first kappa shape index (κ1) is 18.5. The van der Waals surface area contributed by atoms with Gasteiger partial charge in [-0.1, -0.05) is 13.0 Å². The molecule has 0 unspecified atom stereocenters. The van der Waals surface area contributed by atoms with E-state index >= 15 is 0 Å². The number of anilines is 1. The van der Waals surface area contributed by atoms with Gasteiger partial charge in [0, 0.05) is 11.0 Å². The van der Waals surface area contributed by atoms with Gasteiger partial charge in [-0.3, -0.25) is 4.79 Å². The number of aromatic carboxylic acids is 1. The fraction of sp³-hybridized carbons (Fsp3) is 0.222. The highest BCUT2D eigenvalue weighted by Gasteiger charge is 2.15. The molecule has 0 atom stereocenters. The molecule has 7 heteroatoms. The van der Waals surface area contributed by atoms with Gasteiger partial charge in [0.1, 0.15) is 5.00 Å². The van der Waals surface area contributed by atoms with Gasteiger partial charge >= 0.3 is 5.97 Å². The minimum atomic E-state index is -1.06. The Labute approximate surface area is 149 Å². The Morgan fingerprint density at radius 2 is 1.92 bits per heavy atom. The molecule has 1 aromatic carbocycles. The van der Waals surface area contributed by atoms with E-state index in [1.54, 1.807) is 37.5 Å². The third-order valence-corrected chi connectivity index (χ3v) is 4.63. The fourth-order valence-corrected chi connectivity index (χ4v) is 3.14. The van der Waals surface area contributed by atoms with Crippen molar-refractivity contribution in [3.8, 4) is 11.5 Å². The minimum Gasteiger partial charge on any atom is -0.493 e. The molecule has 0 bridgehead atoms. The summed E-state index contributed by atoms with van der Waals surface area (Å²) >= 11 is 1.27. The van der Waals surface area contributed by atoms with Crippen LogP contribution in [0.2, 0.25) is 0 Å². The number of carboxylic acid groups (broad SMARTS) is 1. The number of amides is 1. The van der Waals surface area contributed by atoms with E-state index in [1.807, 2.05) is 6.92 Å². The Bertz CT molecular complexity index is 810. The van der Waals surface area contributed by atoms with Gasteiger partial charge in [0.25, 0.3) is 0 Å². The van der Waals surface area contributed by atoms with E-state index in [1.165, 1.54) is 24.5 Å². The maximum Gasteiger partial charge on any atom is 0.338 e. The summed E-state index contributed by atoms with van der Waals surface area (Å²) in [6.07, 6.45) is 3.67. The summed E-state index contributed by atoms with van der Waals surface area (Å²) in [5.41, 5.74) is 0.862. The lowest BCUT2D eigenvalue weighted by Gasteiger charge is -2.07. The average Bonchev–Trinajstić information content (AvgIpc) is 3.02. The van der Waals surface area contributed by atoms with E-state index in [2.05, 4.69) is 5.32 Å². The van der Waals surface area contributed by atoms with Crippen molar-refractivity contribution in [2.75, 3.05) is 19.5 Å². The fourth-order valence-electron chi connectivity index (χ4n) is 2.15. The third kappa shape index (κ3) is 4.60. The number of carbonyl (C=O) groups is 2. The second-order valence-electron chi connectivity index (χ2n) is 5.05. The Morgan fingerprint density at radius 3 is 2.52 bits per heavy atom. The molecule has 0 spiro atoms. The lowest BCUT2D eigenvalue weighted by atomic mass is 10.2. The van der Waals surface area contributed by atoms with Crippen LogP contribution in [0.1, 0.15) is 27.7 Å². The van der Waals surface area contributed by atoms with Gasteiger partial charge in [-0.25, -0.2) is 4.79 Å². The van der Waals surface area contributed by atoms with Crippen molar-refractivity contribution in [2.24, 2.45) is 0 Å². The molecule has 0 radical (unpaired) electrons. The van der Waals surface area contributed by atoms with E-state index in [4.69, 9.17) is 9.47 Å². The third-order valence-electron chi connectivity index (χ3n) is 3.43. The van der Waals surface area contributed by atoms with Gasteiger partial charge in [-0.15, -0.1) is 11.3 Å². The van der Waals surface area contributed by atoms with Crippen LogP contribution < -0.4 is 14.8 Å². The van der Waals surface area contributed by atoms with Crippen LogP contribution in [0.4, 0.5) is 5.00 Å². The molecule has 132 valence electrons. The summed E-state index contributed by atoms with van der Waals surface area (Å²) < 4.78 is 10.4. The zero-order valence-corrected chi connectivity index (χ0v) is 15.0. The topological polar surface area (TPSA) is 84.9 Å². The number of ether oxygens (including phenoxy) is 2. The summed E-state index contributed by atoms with van der Waals surface area (Å²) in [6.45, 7) is 1.93. The Balaban J connectivity index is 2.14. The van der Waals surface area contributed by atoms with Crippen LogP contribution in [0, 0.1) is 0 Å². The molecule has 1 aromatic heterocycles. The highest BCUT2D eigenvalue weighted by molar-refractivity contribution is 7.16. The summed E-state index contributed by atoms with van der Waals surface area (Å²) in [7, 11) is 3.08. The number of hydrogen-bond donors (Lipinski definition) is 2. The first-order valence-electron chi connectivity index (χ1n) is 7.55. The van der Waals surface area contributed by atoms with Gasteiger partial charge in [-0.05, 0) is 36.3 Å². The molecular weight excluding hydrogens is 342 g/mol. The number of hydrogen-bond acceptors (Lipinski definition) is 5. The van der Waals surface area contributed by atoms with Gasteiger partial charge in [0.2, 0.25) is 5.91 Å². The average molecular weight is 361 g/mol. The molecule has 0 aliphatic rings.